The molecule has 0 unspecified atom stereocenters. The van der Waals surface area contributed by atoms with Crippen molar-refractivity contribution >= 4 is 11.8 Å². The lowest BCUT2D eigenvalue weighted by Crippen LogP contribution is -2.27. The van der Waals surface area contributed by atoms with Crippen LogP contribution in [0.15, 0.2) is 0 Å². The standard InChI is InChI=1S/C7H14N2O2.C6H2/c1-6(10)8-4-3-5-9-7(2)11;1-3-5-6-4-2/h3-5H2,1-2H3,(H,8,10)(H,9,11);1-2H. The largest absolute Gasteiger partial charge is 0.356 e. The van der Waals surface area contributed by atoms with Crippen LogP contribution in [0.1, 0.15) is 20.3 Å². The number of nitrogens with one attached hydrogen (secondary N) is 2. The minimum Gasteiger partial charge on any atom is -0.356 e. The van der Waals surface area contributed by atoms with E-state index in [2.05, 4.69) is 34.3 Å². The van der Waals surface area contributed by atoms with Gasteiger partial charge in [-0.15, -0.1) is 12.8 Å². The Hall–Kier alpha value is -2.38. The SMILES string of the molecule is C#CC#CC#C.CC(=O)NCCCNC(C)=O. The van der Waals surface area contributed by atoms with Gasteiger partial charge < -0.3 is 10.6 Å². The van der Waals surface area contributed by atoms with E-state index in [1.165, 1.54) is 13.8 Å². The molecule has 0 aliphatic heterocycles. The molecule has 17 heavy (non-hydrogen) atoms. The van der Waals surface area contributed by atoms with Crippen LogP contribution in [-0.4, -0.2) is 24.9 Å². The van der Waals surface area contributed by atoms with Gasteiger partial charge in [-0.2, -0.15) is 0 Å². The average molecular weight is 232 g/mol. The van der Waals surface area contributed by atoms with Crippen LogP contribution in [0.4, 0.5) is 0 Å². The molecule has 4 heteroatoms. The smallest absolute Gasteiger partial charge is 0.216 e. The lowest BCUT2D eigenvalue weighted by molar-refractivity contribution is -0.119. The van der Waals surface area contributed by atoms with E-state index in [0.717, 1.165) is 6.42 Å². The molecule has 0 rings (SSSR count). The molecule has 0 aromatic rings. The van der Waals surface area contributed by atoms with Gasteiger partial charge in [0.05, 0.1) is 0 Å². The van der Waals surface area contributed by atoms with Crippen molar-refractivity contribution in [3.8, 4) is 36.5 Å². The van der Waals surface area contributed by atoms with Crippen molar-refractivity contribution in [2.24, 2.45) is 0 Å². The number of carbonyl (C=O) groups excluding carboxylic acids is 2. The summed E-state index contributed by atoms with van der Waals surface area (Å²) in [5.41, 5.74) is 0. The maximum atomic E-state index is 10.3. The van der Waals surface area contributed by atoms with E-state index in [1.807, 2.05) is 0 Å². The third-order valence-corrected chi connectivity index (χ3v) is 1.31. The Bertz CT molecular complexity index is 341. The van der Waals surface area contributed by atoms with E-state index in [4.69, 9.17) is 12.8 Å². The van der Waals surface area contributed by atoms with Crippen LogP contribution in [0.3, 0.4) is 0 Å². The van der Waals surface area contributed by atoms with Gasteiger partial charge in [-0.05, 0) is 30.1 Å². The molecule has 0 radical (unpaired) electrons. The average Bonchev–Trinajstić information content (AvgIpc) is 2.26. The van der Waals surface area contributed by atoms with Crippen LogP contribution >= 0.6 is 0 Å². The van der Waals surface area contributed by atoms with Gasteiger partial charge in [-0.3, -0.25) is 9.59 Å². The molecule has 0 fully saturated rings. The minimum absolute atomic E-state index is 0.0344. The summed E-state index contributed by atoms with van der Waals surface area (Å²) in [7, 11) is 0. The van der Waals surface area contributed by atoms with E-state index >= 15 is 0 Å². The summed E-state index contributed by atoms with van der Waals surface area (Å²) in [6.45, 7) is 4.18. The van der Waals surface area contributed by atoms with Crippen LogP contribution in [0.5, 0.6) is 0 Å². The third-order valence-electron chi connectivity index (χ3n) is 1.31. The van der Waals surface area contributed by atoms with Gasteiger partial charge >= 0.3 is 0 Å². The maximum Gasteiger partial charge on any atom is 0.216 e. The van der Waals surface area contributed by atoms with Gasteiger partial charge in [0.15, 0.2) is 0 Å². The van der Waals surface area contributed by atoms with Crippen molar-refractivity contribution in [1.82, 2.24) is 10.6 Å². The summed E-state index contributed by atoms with van der Waals surface area (Å²) in [6.07, 6.45) is 10.2. The fourth-order valence-corrected chi connectivity index (χ4v) is 0.689. The molecule has 0 aliphatic carbocycles. The summed E-state index contributed by atoms with van der Waals surface area (Å²) in [5, 5.41) is 5.26. The van der Waals surface area contributed by atoms with Crippen molar-refractivity contribution in [3.63, 3.8) is 0 Å². The molecule has 0 aliphatic rings. The Balaban J connectivity index is 0. The number of hydrogen-bond acceptors (Lipinski definition) is 2. The van der Waals surface area contributed by atoms with Crippen LogP contribution in [0, 0.1) is 36.5 Å². The molecule has 0 aromatic heterocycles. The predicted octanol–water partition coefficient (Wildman–Crippen LogP) is -0.0951. The molecular weight excluding hydrogens is 216 g/mol. The number of amides is 2. The van der Waals surface area contributed by atoms with Crippen LogP contribution < -0.4 is 10.6 Å². The first-order valence-electron chi connectivity index (χ1n) is 4.94. The number of carbonyl (C=O) groups is 2. The predicted molar refractivity (Wildman–Crippen MR) is 67.4 cm³/mol. The molecule has 0 heterocycles. The molecule has 90 valence electrons. The van der Waals surface area contributed by atoms with Gasteiger partial charge in [0.1, 0.15) is 0 Å². The molecule has 2 N–H and O–H groups in total. The topological polar surface area (TPSA) is 58.2 Å². The Morgan fingerprint density at radius 2 is 1.29 bits per heavy atom. The molecule has 0 bridgehead atoms. The van der Waals surface area contributed by atoms with Gasteiger partial charge in [0, 0.05) is 26.9 Å². The normalized spacial score (nSPS) is 6.82. The van der Waals surface area contributed by atoms with Gasteiger partial charge in [0.2, 0.25) is 11.8 Å². The van der Waals surface area contributed by atoms with E-state index in [-0.39, 0.29) is 11.8 Å². The monoisotopic (exact) mass is 232 g/mol. The Kier molecular flexibility index (Phi) is 13.6. The van der Waals surface area contributed by atoms with Crippen molar-refractivity contribution in [3.05, 3.63) is 0 Å². The van der Waals surface area contributed by atoms with Crippen molar-refractivity contribution < 1.29 is 9.59 Å². The van der Waals surface area contributed by atoms with Gasteiger partial charge in [-0.1, -0.05) is 0 Å². The Labute approximate surface area is 103 Å². The summed E-state index contributed by atoms with van der Waals surface area (Å²) < 4.78 is 0. The fourth-order valence-electron chi connectivity index (χ4n) is 0.689. The summed E-state index contributed by atoms with van der Waals surface area (Å²) in [6, 6.07) is 0. The van der Waals surface area contributed by atoms with E-state index in [0.29, 0.717) is 13.1 Å². The number of hydrogen-bond donors (Lipinski definition) is 2. The van der Waals surface area contributed by atoms with Crippen LogP contribution in [-0.2, 0) is 9.59 Å². The molecule has 0 saturated carbocycles. The molecule has 2 amide bonds. The lowest BCUT2D eigenvalue weighted by atomic mass is 10.4. The summed E-state index contributed by atoms with van der Waals surface area (Å²) >= 11 is 0. The van der Waals surface area contributed by atoms with Crippen molar-refractivity contribution in [2.45, 2.75) is 20.3 Å². The molecule has 0 aromatic carbocycles. The zero-order chi connectivity index (χ0) is 13.5. The Morgan fingerprint density at radius 3 is 1.53 bits per heavy atom. The molecule has 0 spiro atoms. The van der Waals surface area contributed by atoms with Gasteiger partial charge in [0.25, 0.3) is 0 Å². The van der Waals surface area contributed by atoms with Crippen molar-refractivity contribution in [2.75, 3.05) is 13.1 Å². The second-order valence-corrected chi connectivity index (χ2v) is 2.86. The van der Waals surface area contributed by atoms with Crippen molar-refractivity contribution in [1.29, 1.82) is 0 Å². The van der Waals surface area contributed by atoms with E-state index in [9.17, 15) is 9.59 Å². The highest BCUT2D eigenvalue weighted by molar-refractivity contribution is 5.73. The first-order valence-corrected chi connectivity index (χ1v) is 4.94. The second kappa shape index (κ2) is 13.6. The first kappa shape index (κ1) is 17.0. The van der Waals surface area contributed by atoms with E-state index in [1.54, 1.807) is 0 Å². The minimum atomic E-state index is -0.0344. The second-order valence-electron chi connectivity index (χ2n) is 2.86. The highest BCUT2D eigenvalue weighted by Crippen LogP contribution is 1.73. The quantitative estimate of drug-likeness (QED) is 0.525. The highest BCUT2D eigenvalue weighted by Gasteiger charge is 1.91. The third kappa shape index (κ3) is 24.7. The highest BCUT2D eigenvalue weighted by atomic mass is 16.2. The maximum absolute atomic E-state index is 10.3. The van der Waals surface area contributed by atoms with Gasteiger partial charge in [-0.25, -0.2) is 0 Å². The number of terminal acetylenes is 2. The molecule has 4 nitrogen and oxygen atoms in total. The summed E-state index contributed by atoms with van der Waals surface area (Å²) in [4.78, 5) is 20.7. The summed E-state index contributed by atoms with van der Waals surface area (Å²) in [5.74, 6) is 8.54. The lowest BCUT2D eigenvalue weighted by Gasteiger charge is -2.01. The van der Waals surface area contributed by atoms with Crippen LogP contribution in [0.2, 0.25) is 0 Å². The van der Waals surface area contributed by atoms with E-state index < -0.39 is 0 Å². The fraction of sp³-hybridized carbons (Fsp3) is 0.385. The number of rotatable bonds is 4. The molecule has 0 atom stereocenters. The first-order chi connectivity index (χ1) is 8.04. The molecular formula is C13H16N2O2. The zero-order valence-electron chi connectivity index (χ0n) is 10.1. The van der Waals surface area contributed by atoms with Crippen LogP contribution in [0.25, 0.3) is 0 Å². The Morgan fingerprint density at radius 1 is 0.941 bits per heavy atom. The molecule has 0 saturated heterocycles. The zero-order valence-corrected chi connectivity index (χ0v) is 10.1.